The van der Waals surface area contributed by atoms with E-state index < -0.39 is 0 Å². The third-order valence-electron chi connectivity index (χ3n) is 4.60. The molecule has 0 aliphatic carbocycles. The van der Waals surface area contributed by atoms with Crippen LogP contribution in [0.2, 0.25) is 10.0 Å². The van der Waals surface area contributed by atoms with Gasteiger partial charge in [-0.1, -0.05) is 75.5 Å². The SMILES string of the molecule is CCOc1cc(CNCCc2ccccc2)c(Br)cc1OCc1c(Cl)cccc1Cl. The third kappa shape index (κ3) is 6.39. The van der Waals surface area contributed by atoms with Crippen molar-refractivity contribution < 1.29 is 9.47 Å². The second-order valence-corrected chi connectivity index (χ2v) is 8.39. The molecule has 0 aliphatic rings. The molecule has 158 valence electrons. The fraction of sp³-hybridized carbons (Fsp3) is 0.250. The second kappa shape index (κ2) is 11.6. The smallest absolute Gasteiger partial charge is 0.162 e. The number of halogens is 3. The summed E-state index contributed by atoms with van der Waals surface area (Å²) in [5, 5.41) is 4.66. The van der Waals surface area contributed by atoms with E-state index in [9.17, 15) is 0 Å². The Balaban J connectivity index is 1.65. The van der Waals surface area contributed by atoms with Gasteiger partial charge in [-0.05, 0) is 55.3 Å². The van der Waals surface area contributed by atoms with E-state index in [1.165, 1.54) is 5.56 Å². The lowest BCUT2D eigenvalue weighted by Gasteiger charge is -2.16. The van der Waals surface area contributed by atoms with Crippen molar-refractivity contribution in [3.63, 3.8) is 0 Å². The summed E-state index contributed by atoms with van der Waals surface area (Å²) < 4.78 is 12.8. The maximum atomic E-state index is 6.26. The molecule has 0 spiro atoms. The van der Waals surface area contributed by atoms with Crippen LogP contribution in [0.5, 0.6) is 11.5 Å². The highest BCUT2D eigenvalue weighted by molar-refractivity contribution is 9.10. The van der Waals surface area contributed by atoms with Gasteiger partial charge in [-0.15, -0.1) is 0 Å². The van der Waals surface area contributed by atoms with E-state index in [2.05, 4.69) is 45.5 Å². The average Bonchev–Trinajstić information content (AvgIpc) is 2.74. The van der Waals surface area contributed by atoms with Gasteiger partial charge in [-0.3, -0.25) is 0 Å². The Hall–Kier alpha value is -1.72. The van der Waals surface area contributed by atoms with E-state index in [-0.39, 0.29) is 6.61 Å². The minimum atomic E-state index is 0.264. The Bertz CT molecular complexity index is 947. The molecule has 0 aliphatic heterocycles. The van der Waals surface area contributed by atoms with Crippen molar-refractivity contribution in [3.05, 3.63) is 91.9 Å². The molecule has 30 heavy (non-hydrogen) atoms. The molecule has 0 aromatic heterocycles. The third-order valence-corrected chi connectivity index (χ3v) is 6.04. The molecule has 0 atom stereocenters. The van der Waals surface area contributed by atoms with Crippen LogP contribution >= 0.6 is 39.1 Å². The molecule has 3 aromatic carbocycles. The van der Waals surface area contributed by atoms with Crippen LogP contribution in [0.1, 0.15) is 23.6 Å². The van der Waals surface area contributed by atoms with Gasteiger partial charge < -0.3 is 14.8 Å². The number of benzene rings is 3. The molecule has 6 heteroatoms. The van der Waals surface area contributed by atoms with Crippen LogP contribution in [0.4, 0.5) is 0 Å². The molecule has 0 bridgehead atoms. The van der Waals surface area contributed by atoms with E-state index >= 15 is 0 Å². The molecule has 0 heterocycles. The van der Waals surface area contributed by atoms with E-state index in [1.807, 2.05) is 31.2 Å². The standard InChI is InChI=1S/C24H24BrCl2NO2/c1-2-29-23-13-18(15-28-12-11-17-7-4-3-5-8-17)20(25)14-24(23)30-16-19-21(26)9-6-10-22(19)27/h3-10,13-14,28H,2,11-12,15-16H2,1H3. The van der Waals surface area contributed by atoms with Crippen molar-refractivity contribution in [1.29, 1.82) is 0 Å². The lowest BCUT2D eigenvalue weighted by Crippen LogP contribution is -2.17. The molecule has 0 saturated heterocycles. The molecule has 0 fully saturated rings. The first-order valence-corrected chi connectivity index (χ1v) is 11.4. The molecule has 0 radical (unpaired) electrons. The van der Waals surface area contributed by atoms with Crippen molar-refractivity contribution >= 4 is 39.1 Å². The fourth-order valence-corrected chi connectivity index (χ4v) is 3.98. The highest BCUT2D eigenvalue weighted by Gasteiger charge is 2.13. The van der Waals surface area contributed by atoms with Crippen LogP contribution in [0.15, 0.2) is 65.1 Å². The van der Waals surface area contributed by atoms with E-state index in [4.69, 9.17) is 32.7 Å². The predicted octanol–water partition coefficient (Wildman–Crippen LogP) is 7.07. The second-order valence-electron chi connectivity index (χ2n) is 6.72. The number of hydrogen-bond donors (Lipinski definition) is 1. The van der Waals surface area contributed by atoms with E-state index in [0.29, 0.717) is 28.2 Å². The van der Waals surface area contributed by atoms with Crippen molar-refractivity contribution in [3.8, 4) is 11.5 Å². The van der Waals surface area contributed by atoms with Crippen LogP contribution in [-0.2, 0) is 19.6 Å². The molecule has 3 nitrogen and oxygen atoms in total. The van der Waals surface area contributed by atoms with Crippen molar-refractivity contribution in [2.24, 2.45) is 0 Å². The summed E-state index contributed by atoms with van der Waals surface area (Å²) in [6.45, 7) is 4.38. The normalized spacial score (nSPS) is 10.8. The molecule has 0 saturated carbocycles. The lowest BCUT2D eigenvalue weighted by molar-refractivity contribution is 0.269. The van der Waals surface area contributed by atoms with Crippen LogP contribution < -0.4 is 14.8 Å². The Labute approximate surface area is 196 Å². The van der Waals surface area contributed by atoms with E-state index in [0.717, 1.165) is 35.1 Å². The lowest BCUT2D eigenvalue weighted by atomic mass is 10.1. The highest BCUT2D eigenvalue weighted by atomic mass is 79.9. The van der Waals surface area contributed by atoms with Gasteiger partial charge >= 0.3 is 0 Å². The van der Waals surface area contributed by atoms with Gasteiger partial charge in [0.25, 0.3) is 0 Å². The van der Waals surface area contributed by atoms with Gasteiger partial charge in [0.2, 0.25) is 0 Å². The zero-order chi connectivity index (χ0) is 21.3. The Morgan fingerprint density at radius 1 is 0.900 bits per heavy atom. The quantitative estimate of drug-likeness (QED) is 0.297. The maximum absolute atomic E-state index is 6.26. The summed E-state index contributed by atoms with van der Waals surface area (Å²) in [5.41, 5.74) is 3.18. The largest absolute Gasteiger partial charge is 0.490 e. The summed E-state index contributed by atoms with van der Waals surface area (Å²) in [4.78, 5) is 0. The summed E-state index contributed by atoms with van der Waals surface area (Å²) >= 11 is 16.2. The number of rotatable bonds is 10. The Morgan fingerprint density at radius 2 is 1.60 bits per heavy atom. The van der Waals surface area contributed by atoms with Gasteiger partial charge in [-0.25, -0.2) is 0 Å². The van der Waals surface area contributed by atoms with Crippen molar-refractivity contribution in [1.82, 2.24) is 5.32 Å². The monoisotopic (exact) mass is 507 g/mol. The summed E-state index contributed by atoms with van der Waals surface area (Å²) in [7, 11) is 0. The molecule has 0 unspecified atom stereocenters. The molecular weight excluding hydrogens is 485 g/mol. The zero-order valence-electron chi connectivity index (χ0n) is 16.8. The average molecular weight is 509 g/mol. The predicted molar refractivity (Wildman–Crippen MR) is 128 cm³/mol. The maximum Gasteiger partial charge on any atom is 0.162 e. The van der Waals surface area contributed by atoms with Gasteiger partial charge in [0.05, 0.1) is 6.61 Å². The first-order chi connectivity index (χ1) is 14.6. The first-order valence-electron chi connectivity index (χ1n) is 9.84. The molecule has 3 rings (SSSR count). The highest BCUT2D eigenvalue weighted by Crippen LogP contribution is 2.35. The van der Waals surface area contributed by atoms with Crippen LogP contribution in [0.25, 0.3) is 0 Å². The van der Waals surface area contributed by atoms with Crippen LogP contribution in [-0.4, -0.2) is 13.2 Å². The van der Waals surface area contributed by atoms with Gasteiger partial charge in [-0.2, -0.15) is 0 Å². The molecule has 0 amide bonds. The fourth-order valence-electron chi connectivity index (χ4n) is 3.01. The topological polar surface area (TPSA) is 30.5 Å². The number of nitrogens with one attached hydrogen (secondary N) is 1. The van der Waals surface area contributed by atoms with Gasteiger partial charge in [0, 0.05) is 26.6 Å². The van der Waals surface area contributed by atoms with Crippen LogP contribution in [0, 0.1) is 0 Å². The summed E-state index contributed by atoms with van der Waals surface area (Å²) in [5.74, 6) is 1.34. The summed E-state index contributed by atoms with van der Waals surface area (Å²) in [6.07, 6.45) is 0.983. The summed E-state index contributed by atoms with van der Waals surface area (Å²) in [6, 6.07) is 19.8. The van der Waals surface area contributed by atoms with E-state index in [1.54, 1.807) is 12.1 Å². The van der Waals surface area contributed by atoms with Gasteiger partial charge in [0.1, 0.15) is 6.61 Å². The molecular formula is C24H24BrCl2NO2. The number of ether oxygens (including phenoxy) is 2. The van der Waals surface area contributed by atoms with Crippen LogP contribution in [0.3, 0.4) is 0 Å². The molecule has 1 N–H and O–H groups in total. The van der Waals surface area contributed by atoms with Gasteiger partial charge in [0.15, 0.2) is 11.5 Å². The minimum Gasteiger partial charge on any atom is -0.490 e. The molecule has 3 aromatic rings. The zero-order valence-corrected chi connectivity index (χ0v) is 19.9. The Kier molecular flexibility index (Phi) is 8.88. The first kappa shape index (κ1) is 23.0. The Morgan fingerprint density at radius 3 is 2.30 bits per heavy atom. The minimum absolute atomic E-state index is 0.264. The van der Waals surface area contributed by atoms with Crippen molar-refractivity contribution in [2.45, 2.75) is 26.5 Å². The number of hydrogen-bond acceptors (Lipinski definition) is 3. The van der Waals surface area contributed by atoms with Crippen molar-refractivity contribution in [2.75, 3.05) is 13.2 Å².